The molecule has 0 unspecified atom stereocenters. The average molecular weight is 225 g/mol. The van der Waals surface area contributed by atoms with Gasteiger partial charge in [0.05, 0.1) is 6.61 Å². The number of imidazole rings is 1. The van der Waals surface area contributed by atoms with Crippen LogP contribution in [-0.4, -0.2) is 40.3 Å². The minimum absolute atomic E-state index is 0.109. The van der Waals surface area contributed by atoms with Crippen LogP contribution >= 0.6 is 0 Å². The van der Waals surface area contributed by atoms with Gasteiger partial charge in [-0.1, -0.05) is 0 Å². The second kappa shape index (κ2) is 4.19. The molecule has 0 amide bonds. The first kappa shape index (κ1) is 10.4. The zero-order chi connectivity index (χ0) is 11.5. The van der Waals surface area contributed by atoms with E-state index in [0.717, 1.165) is 0 Å². The Hall–Kier alpha value is -2.09. The molecule has 0 saturated carbocycles. The lowest BCUT2D eigenvalue weighted by Gasteiger charge is -2.03. The minimum Gasteiger partial charge on any atom is -0.461 e. The third-order valence-electron chi connectivity index (χ3n) is 1.91. The van der Waals surface area contributed by atoms with Crippen LogP contribution in [0.2, 0.25) is 0 Å². The molecule has 2 aromatic heterocycles. The van der Waals surface area contributed by atoms with E-state index in [0.29, 0.717) is 24.4 Å². The minimum atomic E-state index is -0.384. The van der Waals surface area contributed by atoms with Crippen molar-refractivity contribution in [2.75, 3.05) is 26.1 Å². The molecule has 2 heterocycles. The molecular weight excluding hydrogens is 214 g/mol. The van der Waals surface area contributed by atoms with E-state index in [1.54, 1.807) is 7.11 Å². The second-order valence-electron chi connectivity index (χ2n) is 3.04. The fourth-order valence-corrected chi connectivity index (χ4v) is 1.20. The summed E-state index contributed by atoms with van der Waals surface area (Å²) in [6, 6.07) is 0.109. The summed E-state index contributed by atoms with van der Waals surface area (Å²) in [5.74, 6) is 0.163. The van der Waals surface area contributed by atoms with E-state index in [2.05, 4.69) is 19.9 Å². The van der Waals surface area contributed by atoms with Crippen LogP contribution in [-0.2, 0) is 4.74 Å². The molecule has 0 fully saturated rings. The number of aromatic amines is 2. The summed E-state index contributed by atoms with van der Waals surface area (Å²) < 4.78 is 9.99. The number of anilines is 1. The maximum Gasteiger partial charge on any atom is 0.325 e. The van der Waals surface area contributed by atoms with Crippen LogP contribution in [0, 0.1) is 0 Å². The Morgan fingerprint density at radius 1 is 1.31 bits per heavy atom. The third-order valence-corrected chi connectivity index (χ3v) is 1.91. The van der Waals surface area contributed by atoms with Crippen LogP contribution in [0.25, 0.3) is 11.2 Å². The molecule has 0 spiro atoms. The smallest absolute Gasteiger partial charge is 0.325 e. The fraction of sp³-hybridized carbons (Fsp3) is 0.375. The lowest BCUT2D eigenvalue weighted by molar-refractivity contribution is 0.141. The molecule has 8 nitrogen and oxygen atoms in total. The number of nitrogens with zero attached hydrogens (tertiary/aromatic N) is 2. The molecule has 16 heavy (non-hydrogen) atoms. The molecular formula is C8H11N5O3. The Morgan fingerprint density at radius 3 is 2.88 bits per heavy atom. The number of hydrogen-bond donors (Lipinski definition) is 3. The molecule has 0 radical (unpaired) electrons. The highest BCUT2D eigenvalue weighted by atomic mass is 16.5. The number of ether oxygens (including phenoxy) is 2. The van der Waals surface area contributed by atoms with Crippen molar-refractivity contribution < 1.29 is 9.47 Å². The molecule has 0 aliphatic carbocycles. The molecule has 0 aliphatic rings. The number of rotatable bonds is 4. The molecule has 0 saturated heterocycles. The first-order valence-electron chi connectivity index (χ1n) is 4.58. The standard InChI is InChI=1S/C8H11N5O3/c1-15-2-3-16-8-11-5(9)4-6(13-8)12-7(14)10-4/h2-3H2,1H3,(H4,9,10,11,12,13,14). The Balaban J connectivity index is 2.30. The van der Waals surface area contributed by atoms with Crippen molar-refractivity contribution in [2.24, 2.45) is 0 Å². The van der Waals surface area contributed by atoms with Crippen molar-refractivity contribution in [1.82, 2.24) is 19.9 Å². The van der Waals surface area contributed by atoms with Gasteiger partial charge in [-0.2, -0.15) is 9.97 Å². The third kappa shape index (κ3) is 1.96. The number of hydrogen-bond acceptors (Lipinski definition) is 6. The number of methoxy groups -OCH3 is 1. The number of nitrogen functional groups attached to an aromatic ring is 1. The van der Waals surface area contributed by atoms with E-state index in [-0.39, 0.29) is 17.5 Å². The molecule has 0 bridgehead atoms. The molecule has 2 aromatic rings. The highest BCUT2D eigenvalue weighted by molar-refractivity contribution is 5.81. The molecule has 0 aromatic carbocycles. The van der Waals surface area contributed by atoms with Gasteiger partial charge in [0.15, 0.2) is 11.5 Å². The van der Waals surface area contributed by atoms with E-state index >= 15 is 0 Å². The predicted octanol–water partition coefficient (Wildman–Crippen LogP) is -0.746. The Morgan fingerprint density at radius 2 is 2.12 bits per heavy atom. The topological polar surface area (TPSA) is 119 Å². The number of aromatic nitrogens is 4. The van der Waals surface area contributed by atoms with Gasteiger partial charge >= 0.3 is 11.7 Å². The van der Waals surface area contributed by atoms with E-state index in [4.69, 9.17) is 15.2 Å². The average Bonchev–Trinajstić information content (AvgIpc) is 2.60. The zero-order valence-electron chi connectivity index (χ0n) is 8.61. The number of nitrogens with one attached hydrogen (secondary N) is 2. The lowest BCUT2D eigenvalue weighted by atomic mass is 10.5. The summed E-state index contributed by atoms with van der Waals surface area (Å²) >= 11 is 0. The SMILES string of the molecule is COCCOc1nc(N)c2[nH]c(=O)[nH]c2n1. The van der Waals surface area contributed by atoms with E-state index < -0.39 is 0 Å². The number of nitrogens with two attached hydrogens (primary N) is 1. The van der Waals surface area contributed by atoms with Gasteiger partial charge in [0.25, 0.3) is 0 Å². The van der Waals surface area contributed by atoms with Crippen LogP contribution < -0.4 is 16.2 Å². The Bertz CT molecular complexity index is 546. The summed E-state index contributed by atoms with van der Waals surface area (Å²) in [4.78, 5) is 23.8. The van der Waals surface area contributed by atoms with Crippen LogP contribution in [0.4, 0.5) is 5.82 Å². The van der Waals surface area contributed by atoms with Crippen LogP contribution in [0.1, 0.15) is 0 Å². The summed E-state index contributed by atoms with van der Waals surface area (Å²) in [7, 11) is 1.56. The van der Waals surface area contributed by atoms with E-state index in [1.165, 1.54) is 0 Å². The van der Waals surface area contributed by atoms with Crippen LogP contribution in [0.5, 0.6) is 6.01 Å². The summed E-state index contributed by atoms with van der Waals surface area (Å²) in [6.45, 7) is 0.737. The van der Waals surface area contributed by atoms with Gasteiger partial charge in [-0.15, -0.1) is 0 Å². The normalized spacial score (nSPS) is 10.8. The summed E-state index contributed by atoms with van der Waals surface area (Å²) in [5, 5.41) is 0. The first-order chi connectivity index (χ1) is 7.70. The van der Waals surface area contributed by atoms with Crippen molar-refractivity contribution in [3.8, 4) is 6.01 Å². The Labute approximate surface area is 89.8 Å². The molecule has 8 heteroatoms. The van der Waals surface area contributed by atoms with Gasteiger partial charge in [-0.05, 0) is 0 Å². The van der Waals surface area contributed by atoms with E-state index in [9.17, 15) is 4.79 Å². The van der Waals surface area contributed by atoms with Gasteiger partial charge in [0, 0.05) is 7.11 Å². The maximum atomic E-state index is 11.0. The monoisotopic (exact) mass is 225 g/mol. The van der Waals surface area contributed by atoms with Crippen molar-refractivity contribution >= 4 is 17.0 Å². The summed E-state index contributed by atoms with van der Waals surface area (Å²) in [5.41, 5.74) is 5.94. The van der Waals surface area contributed by atoms with Crippen molar-refractivity contribution in [3.05, 3.63) is 10.5 Å². The van der Waals surface area contributed by atoms with E-state index in [1.807, 2.05) is 0 Å². The van der Waals surface area contributed by atoms with Gasteiger partial charge in [-0.3, -0.25) is 4.98 Å². The molecule has 0 aliphatic heterocycles. The number of H-pyrrole nitrogens is 2. The molecule has 86 valence electrons. The zero-order valence-corrected chi connectivity index (χ0v) is 8.61. The van der Waals surface area contributed by atoms with Crippen LogP contribution in [0.15, 0.2) is 4.79 Å². The quantitative estimate of drug-likeness (QED) is 0.589. The molecule has 0 atom stereocenters. The summed E-state index contributed by atoms with van der Waals surface area (Å²) in [6.07, 6.45) is 0. The fourth-order valence-electron chi connectivity index (χ4n) is 1.20. The van der Waals surface area contributed by atoms with Gasteiger partial charge < -0.3 is 20.2 Å². The lowest BCUT2D eigenvalue weighted by Crippen LogP contribution is -2.07. The van der Waals surface area contributed by atoms with Crippen molar-refractivity contribution in [1.29, 1.82) is 0 Å². The van der Waals surface area contributed by atoms with Crippen LogP contribution in [0.3, 0.4) is 0 Å². The van der Waals surface area contributed by atoms with Gasteiger partial charge in [-0.25, -0.2) is 4.79 Å². The van der Waals surface area contributed by atoms with Gasteiger partial charge in [0.2, 0.25) is 0 Å². The number of fused-ring (bicyclic) bond motifs is 1. The maximum absolute atomic E-state index is 11.0. The molecule has 4 N–H and O–H groups in total. The Kier molecular flexibility index (Phi) is 2.73. The van der Waals surface area contributed by atoms with Gasteiger partial charge in [0.1, 0.15) is 12.1 Å². The van der Waals surface area contributed by atoms with Crippen molar-refractivity contribution in [2.45, 2.75) is 0 Å². The largest absolute Gasteiger partial charge is 0.461 e. The predicted molar refractivity (Wildman–Crippen MR) is 56.3 cm³/mol. The van der Waals surface area contributed by atoms with Crippen molar-refractivity contribution in [3.63, 3.8) is 0 Å². The highest BCUT2D eigenvalue weighted by Crippen LogP contribution is 2.14. The highest BCUT2D eigenvalue weighted by Gasteiger charge is 2.08. The molecule has 2 rings (SSSR count). The second-order valence-corrected chi connectivity index (χ2v) is 3.04. The first-order valence-corrected chi connectivity index (χ1v) is 4.58.